The molecular formula is C13H25N3O2. The molecule has 5 nitrogen and oxygen atoms in total. The Balaban J connectivity index is 2.71. The first kappa shape index (κ1) is 14.8. The quantitative estimate of drug-likeness (QED) is 0.349. The zero-order valence-electron chi connectivity index (χ0n) is 11.6. The highest BCUT2D eigenvalue weighted by Crippen LogP contribution is 2.30. The van der Waals surface area contributed by atoms with Gasteiger partial charge >= 0.3 is 0 Å². The second-order valence-corrected chi connectivity index (χ2v) is 5.83. The molecule has 18 heavy (non-hydrogen) atoms. The smallest absolute Gasteiger partial charge is 0.233 e. The van der Waals surface area contributed by atoms with Gasteiger partial charge in [-0.2, -0.15) is 0 Å². The van der Waals surface area contributed by atoms with Gasteiger partial charge in [-0.05, 0) is 31.1 Å². The Bertz CT molecular complexity index is 326. The summed E-state index contributed by atoms with van der Waals surface area (Å²) in [5.41, 5.74) is 5.88. The molecule has 0 aromatic rings. The maximum atomic E-state index is 12.3. The van der Waals surface area contributed by atoms with Crippen LogP contribution in [0.15, 0.2) is 5.16 Å². The van der Waals surface area contributed by atoms with Gasteiger partial charge in [-0.25, -0.2) is 0 Å². The number of amidine groups is 1. The van der Waals surface area contributed by atoms with Gasteiger partial charge < -0.3 is 15.8 Å². The van der Waals surface area contributed by atoms with E-state index in [1.54, 1.807) is 0 Å². The van der Waals surface area contributed by atoms with Crippen LogP contribution in [-0.4, -0.2) is 34.9 Å². The van der Waals surface area contributed by atoms with E-state index in [1.807, 2.05) is 11.8 Å². The van der Waals surface area contributed by atoms with Crippen LogP contribution in [0.5, 0.6) is 0 Å². The highest BCUT2D eigenvalue weighted by Gasteiger charge is 2.30. The summed E-state index contributed by atoms with van der Waals surface area (Å²) in [5, 5.41) is 11.7. The molecule has 1 rings (SSSR count). The van der Waals surface area contributed by atoms with E-state index >= 15 is 0 Å². The summed E-state index contributed by atoms with van der Waals surface area (Å²) in [4.78, 5) is 14.2. The molecule has 1 aliphatic heterocycles. The van der Waals surface area contributed by atoms with E-state index in [1.165, 1.54) is 0 Å². The molecule has 0 spiro atoms. The van der Waals surface area contributed by atoms with E-state index < -0.39 is 5.92 Å². The van der Waals surface area contributed by atoms with E-state index in [4.69, 9.17) is 10.9 Å². The molecule has 0 aromatic carbocycles. The van der Waals surface area contributed by atoms with E-state index in [-0.39, 0.29) is 11.7 Å². The lowest BCUT2D eigenvalue weighted by atomic mass is 9.85. The molecule has 0 aromatic heterocycles. The van der Waals surface area contributed by atoms with Gasteiger partial charge in [-0.1, -0.05) is 25.9 Å². The Morgan fingerprint density at radius 1 is 1.44 bits per heavy atom. The molecule has 0 radical (unpaired) electrons. The molecular weight excluding hydrogens is 230 g/mol. The minimum atomic E-state index is -0.490. The maximum Gasteiger partial charge on any atom is 0.233 e. The Labute approximate surface area is 109 Å². The molecule has 5 heteroatoms. The van der Waals surface area contributed by atoms with Crippen molar-refractivity contribution in [3.8, 4) is 0 Å². The second-order valence-electron chi connectivity index (χ2n) is 5.83. The highest BCUT2D eigenvalue weighted by molar-refractivity contribution is 6.02. The van der Waals surface area contributed by atoms with Crippen molar-refractivity contribution in [1.29, 1.82) is 0 Å². The van der Waals surface area contributed by atoms with Gasteiger partial charge in [0, 0.05) is 13.1 Å². The number of nitrogens with zero attached hydrogens (tertiary/aromatic N) is 2. The highest BCUT2D eigenvalue weighted by atomic mass is 16.4. The van der Waals surface area contributed by atoms with E-state index in [9.17, 15) is 4.79 Å². The summed E-state index contributed by atoms with van der Waals surface area (Å²) >= 11 is 0. The lowest BCUT2D eigenvalue weighted by molar-refractivity contribution is -0.133. The fraction of sp³-hybridized carbons (Fsp3) is 0.846. The monoisotopic (exact) mass is 255 g/mol. The van der Waals surface area contributed by atoms with E-state index in [2.05, 4.69) is 19.0 Å². The minimum absolute atomic E-state index is 0.00880. The molecule has 104 valence electrons. The zero-order valence-corrected chi connectivity index (χ0v) is 11.6. The number of amides is 1. The molecule has 1 fully saturated rings. The van der Waals surface area contributed by atoms with Gasteiger partial charge in [0.2, 0.25) is 5.91 Å². The van der Waals surface area contributed by atoms with Crippen molar-refractivity contribution in [1.82, 2.24) is 4.90 Å². The van der Waals surface area contributed by atoms with Crippen LogP contribution in [0.1, 0.15) is 46.5 Å². The van der Waals surface area contributed by atoms with E-state index in [0.717, 1.165) is 32.4 Å². The summed E-state index contributed by atoms with van der Waals surface area (Å²) in [7, 11) is 0. The van der Waals surface area contributed by atoms with Crippen LogP contribution in [0.4, 0.5) is 0 Å². The number of carbonyl (C=O) groups is 1. The average Bonchev–Trinajstić information content (AvgIpc) is 2.50. The summed E-state index contributed by atoms with van der Waals surface area (Å²) < 4.78 is 0. The van der Waals surface area contributed by atoms with Crippen LogP contribution in [0, 0.1) is 11.3 Å². The number of rotatable bonds is 3. The largest absolute Gasteiger partial charge is 0.409 e. The van der Waals surface area contributed by atoms with Gasteiger partial charge in [0.1, 0.15) is 0 Å². The fourth-order valence-corrected chi connectivity index (χ4v) is 2.44. The molecule has 1 amide bonds. The standard InChI is InChI=1S/C13H25N3O2/c1-4-10(11(14)15-18)12(17)16-8-5-6-13(2,3)7-9-16/h10,18H,4-9H2,1-3H3,(H2,14,15). The molecule has 0 bridgehead atoms. The fourth-order valence-electron chi connectivity index (χ4n) is 2.44. The molecule has 1 aliphatic rings. The summed E-state index contributed by atoms with van der Waals surface area (Å²) in [5.74, 6) is -0.479. The first-order chi connectivity index (χ1) is 8.41. The lowest BCUT2D eigenvalue weighted by Gasteiger charge is -2.26. The van der Waals surface area contributed by atoms with Crippen LogP contribution < -0.4 is 5.73 Å². The van der Waals surface area contributed by atoms with Gasteiger partial charge in [0.25, 0.3) is 0 Å². The molecule has 1 saturated heterocycles. The van der Waals surface area contributed by atoms with Crippen molar-refractivity contribution < 1.29 is 10.0 Å². The topological polar surface area (TPSA) is 78.9 Å². The van der Waals surface area contributed by atoms with Crippen molar-refractivity contribution in [3.63, 3.8) is 0 Å². The SMILES string of the molecule is CCC(C(=O)N1CCCC(C)(C)CC1)C(N)=NO. The van der Waals surface area contributed by atoms with Crippen LogP contribution in [-0.2, 0) is 4.79 Å². The van der Waals surface area contributed by atoms with Gasteiger partial charge in [0.15, 0.2) is 5.84 Å². The number of hydrogen-bond donors (Lipinski definition) is 2. The normalized spacial score (nSPS) is 22.4. The second kappa shape index (κ2) is 6.07. The summed E-state index contributed by atoms with van der Waals surface area (Å²) in [6, 6.07) is 0. The van der Waals surface area contributed by atoms with Crippen LogP contribution in [0.3, 0.4) is 0 Å². The first-order valence-corrected chi connectivity index (χ1v) is 6.67. The molecule has 1 unspecified atom stereocenters. The van der Waals surface area contributed by atoms with Crippen molar-refractivity contribution in [2.45, 2.75) is 46.5 Å². The Morgan fingerprint density at radius 3 is 2.67 bits per heavy atom. The Hall–Kier alpha value is -1.26. The lowest BCUT2D eigenvalue weighted by Crippen LogP contribution is -2.42. The first-order valence-electron chi connectivity index (χ1n) is 6.67. The minimum Gasteiger partial charge on any atom is -0.409 e. The van der Waals surface area contributed by atoms with Gasteiger partial charge in [-0.15, -0.1) is 0 Å². The third-order valence-electron chi connectivity index (χ3n) is 3.83. The Kier molecular flexibility index (Phi) is 4.99. The van der Waals surface area contributed by atoms with Gasteiger partial charge in [-0.3, -0.25) is 4.79 Å². The van der Waals surface area contributed by atoms with Crippen LogP contribution >= 0.6 is 0 Å². The number of oxime groups is 1. The zero-order chi connectivity index (χ0) is 13.8. The van der Waals surface area contributed by atoms with Gasteiger partial charge in [0.05, 0.1) is 5.92 Å². The summed E-state index contributed by atoms with van der Waals surface area (Å²) in [6.45, 7) is 7.89. The molecule has 0 saturated carbocycles. The number of nitrogens with two attached hydrogens (primary N) is 1. The average molecular weight is 255 g/mol. The third-order valence-corrected chi connectivity index (χ3v) is 3.83. The molecule has 0 aliphatic carbocycles. The van der Waals surface area contributed by atoms with Crippen molar-refractivity contribution >= 4 is 11.7 Å². The Morgan fingerprint density at radius 2 is 2.11 bits per heavy atom. The maximum absolute atomic E-state index is 12.3. The molecule has 1 heterocycles. The third kappa shape index (κ3) is 3.62. The van der Waals surface area contributed by atoms with Crippen molar-refractivity contribution in [3.05, 3.63) is 0 Å². The summed E-state index contributed by atoms with van der Waals surface area (Å²) in [6.07, 6.45) is 3.72. The predicted octanol–water partition coefficient (Wildman–Crippen LogP) is 1.80. The molecule has 3 N–H and O–H groups in total. The number of carbonyl (C=O) groups excluding carboxylic acids is 1. The number of likely N-dealkylation sites (tertiary alicyclic amines) is 1. The van der Waals surface area contributed by atoms with Crippen LogP contribution in [0.2, 0.25) is 0 Å². The predicted molar refractivity (Wildman–Crippen MR) is 71.4 cm³/mol. The molecule has 1 atom stereocenters. The van der Waals surface area contributed by atoms with Crippen molar-refractivity contribution in [2.75, 3.05) is 13.1 Å². The van der Waals surface area contributed by atoms with Crippen LogP contribution in [0.25, 0.3) is 0 Å². The van der Waals surface area contributed by atoms with Crippen molar-refractivity contribution in [2.24, 2.45) is 22.2 Å². The van der Waals surface area contributed by atoms with E-state index in [0.29, 0.717) is 11.8 Å². The number of hydrogen-bond acceptors (Lipinski definition) is 3.